The molecule has 94 valence electrons. The van der Waals surface area contributed by atoms with E-state index in [9.17, 15) is 9.90 Å². The molecular formula is C11H17N3O2S. The second-order valence-corrected chi connectivity index (χ2v) is 4.90. The molecule has 1 aromatic rings. The number of carbonyl (C=O) groups is 1. The van der Waals surface area contributed by atoms with E-state index in [0.29, 0.717) is 12.3 Å². The molecule has 0 saturated carbocycles. The Labute approximate surface area is 105 Å². The summed E-state index contributed by atoms with van der Waals surface area (Å²) in [5.41, 5.74) is -0.925. The van der Waals surface area contributed by atoms with Crippen LogP contribution in [0.5, 0.6) is 0 Å². The molecule has 0 saturated heterocycles. The third kappa shape index (κ3) is 4.32. The Kier molecular flexibility index (Phi) is 5.37. The Morgan fingerprint density at radius 3 is 2.94 bits per heavy atom. The van der Waals surface area contributed by atoms with E-state index in [2.05, 4.69) is 15.3 Å². The van der Waals surface area contributed by atoms with E-state index in [1.54, 1.807) is 19.2 Å². The highest BCUT2D eigenvalue weighted by Crippen LogP contribution is 2.20. The van der Waals surface area contributed by atoms with Gasteiger partial charge in [-0.3, -0.25) is 4.79 Å². The van der Waals surface area contributed by atoms with Gasteiger partial charge in [0.15, 0.2) is 0 Å². The van der Waals surface area contributed by atoms with Gasteiger partial charge in [0.2, 0.25) is 0 Å². The lowest BCUT2D eigenvalue weighted by atomic mass is 10.1. The minimum absolute atomic E-state index is 0.430. The molecule has 17 heavy (non-hydrogen) atoms. The summed E-state index contributed by atoms with van der Waals surface area (Å²) < 4.78 is 0. The van der Waals surface area contributed by atoms with Crippen molar-refractivity contribution in [2.45, 2.75) is 30.8 Å². The first kappa shape index (κ1) is 13.9. The summed E-state index contributed by atoms with van der Waals surface area (Å²) in [5.74, 6) is -0.410. The summed E-state index contributed by atoms with van der Waals surface area (Å²) in [5, 5.41) is 13.1. The summed E-state index contributed by atoms with van der Waals surface area (Å²) >= 11 is 1.41. The van der Waals surface area contributed by atoms with Crippen LogP contribution in [-0.4, -0.2) is 38.9 Å². The Bertz CT molecular complexity index is 361. The molecule has 0 spiro atoms. The van der Waals surface area contributed by atoms with Crippen LogP contribution in [0.1, 0.15) is 20.3 Å². The number of hydrogen-bond donors (Lipinski definition) is 2. The Balaban J connectivity index is 2.58. The average molecular weight is 255 g/mol. The first-order chi connectivity index (χ1) is 8.08. The van der Waals surface area contributed by atoms with Crippen LogP contribution in [0.2, 0.25) is 0 Å². The lowest BCUT2D eigenvalue weighted by Crippen LogP contribution is -2.51. The fraction of sp³-hybridized carbons (Fsp3) is 0.545. The van der Waals surface area contributed by atoms with Gasteiger partial charge in [0.1, 0.15) is 11.9 Å². The van der Waals surface area contributed by atoms with Gasteiger partial charge < -0.3 is 10.4 Å². The SMILES string of the molecule is CCCNC(C)(CSc1ccncn1)C(=O)O. The maximum absolute atomic E-state index is 11.2. The fourth-order valence-corrected chi connectivity index (χ4v) is 2.11. The zero-order valence-corrected chi connectivity index (χ0v) is 10.8. The lowest BCUT2D eigenvalue weighted by Gasteiger charge is -2.25. The smallest absolute Gasteiger partial charge is 0.324 e. The molecule has 0 aliphatic carbocycles. The quantitative estimate of drug-likeness (QED) is 0.567. The molecule has 0 aromatic carbocycles. The summed E-state index contributed by atoms with van der Waals surface area (Å²) in [6.07, 6.45) is 4.01. The molecule has 2 N–H and O–H groups in total. The van der Waals surface area contributed by atoms with E-state index in [4.69, 9.17) is 0 Å². The molecule has 0 radical (unpaired) electrons. The van der Waals surface area contributed by atoms with Gasteiger partial charge >= 0.3 is 5.97 Å². The molecule has 0 bridgehead atoms. The third-order valence-electron chi connectivity index (χ3n) is 2.30. The van der Waals surface area contributed by atoms with Gasteiger partial charge in [0.05, 0.1) is 5.03 Å². The fourth-order valence-electron chi connectivity index (χ4n) is 1.17. The van der Waals surface area contributed by atoms with Crippen LogP contribution in [0.4, 0.5) is 0 Å². The van der Waals surface area contributed by atoms with Gasteiger partial charge in [-0.2, -0.15) is 0 Å². The number of hydrogen-bond acceptors (Lipinski definition) is 5. The molecule has 0 aliphatic heterocycles. The van der Waals surface area contributed by atoms with Gasteiger partial charge in [-0.25, -0.2) is 9.97 Å². The van der Waals surface area contributed by atoms with E-state index in [-0.39, 0.29) is 0 Å². The molecule has 1 unspecified atom stereocenters. The summed E-state index contributed by atoms with van der Waals surface area (Å²) in [6, 6.07) is 1.77. The molecule has 0 fully saturated rings. The molecule has 1 rings (SSSR count). The minimum atomic E-state index is -0.925. The number of thioether (sulfide) groups is 1. The normalized spacial score (nSPS) is 14.2. The second-order valence-electron chi connectivity index (χ2n) is 3.90. The summed E-state index contributed by atoms with van der Waals surface area (Å²) in [6.45, 7) is 4.39. The molecule has 5 nitrogen and oxygen atoms in total. The van der Waals surface area contributed by atoms with Crippen LogP contribution in [-0.2, 0) is 4.79 Å². The van der Waals surface area contributed by atoms with Crippen LogP contribution in [0.3, 0.4) is 0 Å². The van der Waals surface area contributed by atoms with Crippen molar-refractivity contribution in [2.24, 2.45) is 0 Å². The summed E-state index contributed by atoms with van der Waals surface area (Å²) in [4.78, 5) is 19.1. The molecule has 0 amide bonds. The predicted molar refractivity (Wildman–Crippen MR) is 67.1 cm³/mol. The van der Waals surface area contributed by atoms with E-state index in [1.165, 1.54) is 18.1 Å². The van der Waals surface area contributed by atoms with Crippen molar-refractivity contribution in [1.29, 1.82) is 0 Å². The minimum Gasteiger partial charge on any atom is -0.480 e. The van der Waals surface area contributed by atoms with Gasteiger partial charge in [0.25, 0.3) is 0 Å². The zero-order valence-electron chi connectivity index (χ0n) is 10.0. The van der Waals surface area contributed by atoms with Gasteiger partial charge in [0, 0.05) is 11.9 Å². The molecule has 6 heteroatoms. The van der Waals surface area contributed by atoms with Gasteiger partial charge in [-0.05, 0) is 26.0 Å². The van der Waals surface area contributed by atoms with Crippen LogP contribution in [0.25, 0.3) is 0 Å². The molecule has 1 atom stereocenters. The van der Waals surface area contributed by atoms with Crippen LogP contribution in [0.15, 0.2) is 23.6 Å². The highest BCUT2D eigenvalue weighted by molar-refractivity contribution is 7.99. The number of nitrogens with one attached hydrogen (secondary N) is 1. The van der Waals surface area contributed by atoms with Gasteiger partial charge in [-0.1, -0.05) is 6.92 Å². The highest BCUT2D eigenvalue weighted by Gasteiger charge is 2.32. The van der Waals surface area contributed by atoms with Crippen molar-refractivity contribution in [3.8, 4) is 0 Å². The molecular weight excluding hydrogens is 238 g/mol. The number of nitrogens with zero attached hydrogens (tertiary/aromatic N) is 2. The van der Waals surface area contributed by atoms with Crippen molar-refractivity contribution in [3.63, 3.8) is 0 Å². The Morgan fingerprint density at radius 1 is 1.65 bits per heavy atom. The van der Waals surface area contributed by atoms with E-state index >= 15 is 0 Å². The van der Waals surface area contributed by atoms with Gasteiger partial charge in [-0.15, -0.1) is 11.8 Å². The van der Waals surface area contributed by atoms with Crippen molar-refractivity contribution in [2.75, 3.05) is 12.3 Å². The van der Waals surface area contributed by atoms with E-state index in [0.717, 1.165) is 11.4 Å². The van der Waals surface area contributed by atoms with Crippen LogP contribution < -0.4 is 5.32 Å². The third-order valence-corrected chi connectivity index (χ3v) is 3.56. The average Bonchev–Trinajstić information content (AvgIpc) is 2.35. The van der Waals surface area contributed by atoms with E-state index < -0.39 is 11.5 Å². The Hall–Kier alpha value is -1.14. The number of carboxylic acid groups (broad SMARTS) is 1. The summed E-state index contributed by atoms with van der Waals surface area (Å²) in [7, 11) is 0. The topological polar surface area (TPSA) is 75.1 Å². The van der Waals surface area contributed by atoms with Crippen molar-refractivity contribution < 1.29 is 9.90 Å². The predicted octanol–water partition coefficient (Wildman–Crippen LogP) is 1.41. The van der Waals surface area contributed by atoms with Crippen molar-refractivity contribution in [1.82, 2.24) is 15.3 Å². The number of carboxylic acids is 1. The monoisotopic (exact) mass is 255 g/mol. The van der Waals surface area contributed by atoms with Crippen LogP contribution >= 0.6 is 11.8 Å². The van der Waals surface area contributed by atoms with E-state index in [1.807, 2.05) is 6.92 Å². The maximum atomic E-state index is 11.2. The molecule has 1 aromatic heterocycles. The number of rotatable bonds is 7. The maximum Gasteiger partial charge on any atom is 0.324 e. The van der Waals surface area contributed by atoms with Crippen LogP contribution in [0, 0.1) is 0 Å². The largest absolute Gasteiger partial charge is 0.480 e. The molecule has 0 aliphatic rings. The first-order valence-corrected chi connectivity index (χ1v) is 6.44. The van der Waals surface area contributed by atoms with Crippen molar-refractivity contribution in [3.05, 3.63) is 18.6 Å². The van der Waals surface area contributed by atoms with Crippen molar-refractivity contribution >= 4 is 17.7 Å². The lowest BCUT2D eigenvalue weighted by molar-refractivity contribution is -0.143. The second kappa shape index (κ2) is 6.56. The Morgan fingerprint density at radius 2 is 2.41 bits per heavy atom. The number of aromatic nitrogens is 2. The molecule has 1 heterocycles. The zero-order chi connectivity index (χ0) is 12.7. The highest BCUT2D eigenvalue weighted by atomic mass is 32.2. The number of aliphatic carboxylic acids is 1. The standard InChI is InChI=1S/C11H17N3O2S/c1-3-5-14-11(2,10(15)16)7-17-9-4-6-12-8-13-9/h4,6,8,14H,3,5,7H2,1-2H3,(H,15,16). The first-order valence-electron chi connectivity index (χ1n) is 5.45.